The lowest BCUT2D eigenvalue weighted by Gasteiger charge is -2.37. The maximum absolute atomic E-state index is 10.7. The molecule has 0 saturated carbocycles. The zero-order valence-corrected chi connectivity index (χ0v) is 11.3. The second-order valence-electron chi connectivity index (χ2n) is 5.74. The van der Waals surface area contributed by atoms with E-state index in [0.717, 1.165) is 42.5 Å². The van der Waals surface area contributed by atoms with Gasteiger partial charge in [-0.05, 0) is 38.6 Å². The molecule has 0 aliphatic carbocycles. The van der Waals surface area contributed by atoms with Crippen LogP contribution in [0.1, 0.15) is 18.5 Å². The number of aromatic nitrogens is 1. The SMILES string of the molecule is CN1CCCC(O)(Cc2ccc3ccccc3n2)C1. The molecule has 1 N–H and O–H groups in total. The van der Waals surface area contributed by atoms with E-state index in [1.807, 2.05) is 24.3 Å². The van der Waals surface area contributed by atoms with Gasteiger partial charge in [0.1, 0.15) is 0 Å². The van der Waals surface area contributed by atoms with Crippen LogP contribution in [0.15, 0.2) is 36.4 Å². The number of hydrogen-bond donors (Lipinski definition) is 1. The number of nitrogens with zero attached hydrogens (tertiary/aromatic N) is 2. The minimum absolute atomic E-state index is 0.623. The highest BCUT2D eigenvalue weighted by Crippen LogP contribution is 2.24. The number of aliphatic hydroxyl groups is 1. The van der Waals surface area contributed by atoms with E-state index in [-0.39, 0.29) is 0 Å². The number of benzene rings is 1. The zero-order valence-electron chi connectivity index (χ0n) is 11.3. The molecule has 0 spiro atoms. The van der Waals surface area contributed by atoms with Crippen molar-refractivity contribution < 1.29 is 5.11 Å². The molecule has 3 nitrogen and oxygen atoms in total. The number of likely N-dealkylation sites (N-methyl/N-ethyl adjacent to an activating group) is 1. The highest BCUT2D eigenvalue weighted by Gasteiger charge is 2.32. The Bertz CT molecular complexity index is 584. The van der Waals surface area contributed by atoms with Crippen molar-refractivity contribution in [3.63, 3.8) is 0 Å². The number of rotatable bonds is 2. The molecule has 1 aliphatic rings. The van der Waals surface area contributed by atoms with E-state index in [9.17, 15) is 5.11 Å². The summed E-state index contributed by atoms with van der Waals surface area (Å²) in [5, 5.41) is 11.8. The van der Waals surface area contributed by atoms with Crippen LogP contribution < -0.4 is 0 Å². The van der Waals surface area contributed by atoms with Gasteiger partial charge < -0.3 is 10.0 Å². The molecule has 0 radical (unpaired) electrons. The summed E-state index contributed by atoms with van der Waals surface area (Å²) < 4.78 is 0. The van der Waals surface area contributed by atoms with Crippen LogP contribution in [0, 0.1) is 0 Å². The van der Waals surface area contributed by atoms with Crippen molar-refractivity contribution in [1.29, 1.82) is 0 Å². The molecule has 19 heavy (non-hydrogen) atoms. The normalized spacial score (nSPS) is 24.7. The van der Waals surface area contributed by atoms with E-state index in [4.69, 9.17) is 0 Å². The van der Waals surface area contributed by atoms with Crippen molar-refractivity contribution in [3.8, 4) is 0 Å². The lowest BCUT2D eigenvalue weighted by Crippen LogP contribution is -2.48. The van der Waals surface area contributed by atoms with Crippen LogP contribution in [-0.2, 0) is 6.42 Å². The molecule has 2 heterocycles. The Balaban J connectivity index is 1.84. The van der Waals surface area contributed by atoms with Crippen molar-refractivity contribution in [1.82, 2.24) is 9.88 Å². The summed E-state index contributed by atoms with van der Waals surface area (Å²) in [6.07, 6.45) is 2.56. The van der Waals surface area contributed by atoms with Crippen LogP contribution in [0.2, 0.25) is 0 Å². The third-order valence-electron chi connectivity index (χ3n) is 3.91. The van der Waals surface area contributed by atoms with Crippen molar-refractivity contribution in [2.24, 2.45) is 0 Å². The lowest BCUT2D eigenvalue weighted by molar-refractivity contribution is -0.0230. The van der Waals surface area contributed by atoms with Crippen LogP contribution in [-0.4, -0.2) is 40.7 Å². The lowest BCUT2D eigenvalue weighted by atomic mass is 9.88. The molecule has 3 heteroatoms. The number of β-amino-alcohol motifs (C(OH)–C–C–N with tert-alkyl or cyclic N) is 1. The molecule has 1 unspecified atom stereocenters. The Hall–Kier alpha value is -1.45. The summed E-state index contributed by atoms with van der Waals surface area (Å²) in [7, 11) is 2.07. The van der Waals surface area contributed by atoms with E-state index in [1.165, 1.54) is 0 Å². The predicted octanol–water partition coefficient (Wildman–Crippen LogP) is 2.23. The smallest absolute Gasteiger partial charge is 0.0829 e. The summed E-state index contributed by atoms with van der Waals surface area (Å²) in [6, 6.07) is 12.2. The van der Waals surface area contributed by atoms with Crippen LogP contribution in [0.4, 0.5) is 0 Å². The first-order valence-electron chi connectivity index (χ1n) is 6.90. The maximum atomic E-state index is 10.7. The Labute approximate surface area is 113 Å². The minimum atomic E-state index is -0.623. The second-order valence-corrected chi connectivity index (χ2v) is 5.74. The highest BCUT2D eigenvalue weighted by atomic mass is 16.3. The van der Waals surface area contributed by atoms with Gasteiger partial charge in [0.2, 0.25) is 0 Å². The Morgan fingerprint density at radius 2 is 2.11 bits per heavy atom. The van der Waals surface area contributed by atoms with Crippen LogP contribution in [0.3, 0.4) is 0 Å². The Kier molecular flexibility index (Phi) is 3.25. The molecule has 1 aromatic heterocycles. The van der Waals surface area contributed by atoms with Gasteiger partial charge in [-0.2, -0.15) is 0 Å². The first kappa shape index (κ1) is 12.6. The standard InChI is InChI=1S/C16H20N2O/c1-18-10-4-9-16(19,12-18)11-14-8-7-13-5-2-3-6-15(13)17-14/h2-3,5-8,19H,4,9-12H2,1H3. The fourth-order valence-corrected chi connectivity index (χ4v) is 3.03. The van der Waals surface area contributed by atoms with Gasteiger partial charge >= 0.3 is 0 Å². The van der Waals surface area contributed by atoms with E-state index in [0.29, 0.717) is 6.42 Å². The third-order valence-corrected chi connectivity index (χ3v) is 3.91. The van der Waals surface area contributed by atoms with Crippen LogP contribution >= 0.6 is 0 Å². The van der Waals surface area contributed by atoms with E-state index >= 15 is 0 Å². The molecular weight excluding hydrogens is 236 g/mol. The fourth-order valence-electron chi connectivity index (χ4n) is 3.03. The highest BCUT2D eigenvalue weighted by molar-refractivity contribution is 5.78. The fraction of sp³-hybridized carbons (Fsp3) is 0.438. The van der Waals surface area contributed by atoms with E-state index in [2.05, 4.69) is 29.1 Å². The number of hydrogen-bond acceptors (Lipinski definition) is 3. The van der Waals surface area contributed by atoms with Crippen LogP contribution in [0.5, 0.6) is 0 Å². The van der Waals surface area contributed by atoms with Crippen molar-refractivity contribution in [2.45, 2.75) is 24.9 Å². The Morgan fingerprint density at radius 1 is 1.26 bits per heavy atom. The molecule has 1 aliphatic heterocycles. The average molecular weight is 256 g/mol. The quantitative estimate of drug-likeness (QED) is 0.895. The molecule has 0 bridgehead atoms. The number of pyridine rings is 1. The summed E-state index contributed by atoms with van der Waals surface area (Å²) in [5.74, 6) is 0. The molecule has 0 amide bonds. The number of likely N-dealkylation sites (tertiary alicyclic amines) is 1. The van der Waals surface area contributed by atoms with Crippen LogP contribution in [0.25, 0.3) is 10.9 Å². The van der Waals surface area contributed by atoms with Crippen molar-refractivity contribution in [2.75, 3.05) is 20.1 Å². The van der Waals surface area contributed by atoms with E-state index in [1.54, 1.807) is 0 Å². The largest absolute Gasteiger partial charge is 0.388 e. The summed E-state index contributed by atoms with van der Waals surface area (Å²) in [4.78, 5) is 6.86. The number of fused-ring (bicyclic) bond motifs is 1. The second kappa shape index (κ2) is 4.91. The average Bonchev–Trinajstić information content (AvgIpc) is 2.38. The molecule has 1 fully saturated rings. The maximum Gasteiger partial charge on any atom is 0.0829 e. The number of piperidine rings is 1. The summed E-state index contributed by atoms with van der Waals surface area (Å²) in [5.41, 5.74) is 1.37. The molecule has 3 rings (SSSR count). The van der Waals surface area contributed by atoms with Gasteiger partial charge in [-0.3, -0.25) is 4.98 Å². The molecule has 2 aromatic rings. The molecular formula is C16H20N2O. The monoisotopic (exact) mass is 256 g/mol. The first-order valence-corrected chi connectivity index (χ1v) is 6.90. The van der Waals surface area contributed by atoms with Gasteiger partial charge in [0, 0.05) is 24.0 Å². The van der Waals surface area contributed by atoms with Gasteiger partial charge in [-0.15, -0.1) is 0 Å². The topological polar surface area (TPSA) is 36.4 Å². The van der Waals surface area contributed by atoms with Crippen molar-refractivity contribution >= 4 is 10.9 Å². The molecule has 1 saturated heterocycles. The Morgan fingerprint density at radius 3 is 2.95 bits per heavy atom. The van der Waals surface area contributed by atoms with E-state index < -0.39 is 5.60 Å². The van der Waals surface area contributed by atoms with Crippen molar-refractivity contribution in [3.05, 3.63) is 42.1 Å². The van der Waals surface area contributed by atoms with Gasteiger partial charge in [-0.25, -0.2) is 0 Å². The first-order chi connectivity index (χ1) is 9.15. The molecule has 1 atom stereocenters. The molecule has 1 aromatic carbocycles. The molecule has 100 valence electrons. The van der Waals surface area contributed by atoms with Gasteiger partial charge in [0.05, 0.1) is 11.1 Å². The minimum Gasteiger partial charge on any atom is -0.388 e. The van der Waals surface area contributed by atoms with Gasteiger partial charge in [-0.1, -0.05) is 24.3 Å². The summed E-state index contributed by atoms with van der Waals surface area (Å²) in [6.45, 7) is 1.81. The number of para-hydroxylation sites is 1. The predicted molar refractivity (Wildman–Crippen MR) is 77.1 cm³/mol. The van der Waals surface area contributed by atoms with Gasteiger partial charge in [0.15, 0.2) is 0 Å². The zero-order chi connectivity index (χ0) is 13.3. The summed E-state index contributed by atoms with van der Waals surface area (Å²) >= 11 is 0. The van der Waals surface area contributed by atoms with Gasteiger partial charge in [0.25, 0.3) is 0 Å². The third kappa shape index (κ3) is 2.77.